The predicted molar refractivity (Wildman–Crippen MR) is 129 cm³/mol. The number of rotatable bonds is 5. The number of alkyl carbamates (subject to hydrolysis) is 1. The monoisotopic (exact) mass is 460 g/mol. The number of nitrogens with one attached hydrogen (secondary N) is 2. The highest BCUT2D eigenvalue weighted by atomic mass is 16.6. The maximum absolute atomic E-state index is 12.3. The topological polar surface area (TPSA) is 124 Å². The van der Waals surface area contributed by atoms with Gasteiger partial charge in [-0.1, -0.05) is 17.9 Å². The Bertz CT molecular complexity index is 1290. The van der Waals surface area contributed by atoms with Crippen LogP contribution < -0.4 is 16.4 Å². The molecule has 34 heavy (non-hydrogen) atoms. The van der Waals surface area contributed by atoms with Crippen molar-refractivity contribution < 1.29 is 14.3 Å². The van der Waals surface area contributed by atoms with Crippen molar-refractivity contribution >= 4 is 28.9 Å². The molecule has 0 atom stereocenters. The molecule has 1 saturated carbocycles. The average molecular weight is 461 g/mol. The Morgan fingerprint density at radius 2 is 2.03 bits per heavy atom. The van der Waals surface area contributed by atoms with Gasteiger partial charge in [-0.15, -0.1) is 0 Å². The zero-order chi connectivity index (χ0) is 24.3. The van der Waals surface area contributed by atoms with Gasteiger partial charge in [-0.25, -0.2) is 14.8 Å². The number of amides is 2. The SMILES string of the molecule is CC(C)(C)OC(=O)NCCn1cc(C#Cc2cccc(C(=O)NC3CC3)c2)c2c(N)ncnc21. The molecular formula is C25H28N6O3. The number of ether oxygens (including phenoxy) is 1. The van der Waals surface area contributed by atoms with Crippen LogP contribution in [0.1, 0.15) is 55.1 Å². The van der Waals surface area contributed by atoms with Crippen molar-refractivity contribution in [3.63, 3.8) is 0 Å². The quantitative estimate of drug-likeness (QED) is 0.503. The molecular weight excluding hydrogens is 432 g/mol. The lowest BCUT2D eigenvalue weighted by Crippen LogP contribution is -2.34. The number of aromatic nitrogens is 3. The van der Waals surface area contributed by atoms with Crippen LogP contribution in [0.4, 0.5) is 10.6 Å². The minimum absolute atomic E-state index is 0.0853. The molecule has 3 aromatic rings. The van der Waals surface area contributed by atoms with Crippen LogP contribution in [-0.2, 0) is 11.3 Å². The Morgan fingerprint density at radius 3 is 2.76 bits per heavy atom. The molecule has 0 radical (unpaired) electrons. The summed E-state index contributed by atoms with van der Waals surface area (Å²) in [6, 6.07) is 7.51. The zero-order valence-electron chi connectivity index (χ0n) is 19.5. The molecule has 2 amide bonds. The smallest absolute Gasteiger partial charge is 0.407 e. The van der Waals surface area contributed by atoms with Crippen molar-refractivity contribution in [1.82, 2.24) is 25.2 Å². The second kappa shape index (κ2) is 9.43. The molecule has 0 unspecified atom stereocenters. The number of hydrogen-bond acceptors (Lipinski definition) is 6. The highest BCUT2D eigenvalue weighted by Crippen LogP contribution is 2.23. The van der Waals surface area contributed by atoms with Gasteiger partial charge in [0, 0.05) is 36.5 Å². The summed E-state index contributed by atoms with van der Waals surface area (Å²) in [5.74, 6) is 6.49. The number of nitrogens with two attached hydrogens (primary N) is 1. The highest BCUT2D eigenvalue weighted by Gasteiger charge is 2.23. The molecule has 9 heteroatoms. The van der Waals surface area contributed by atoms with E-state index in [4.69, 9.17) is 10.5 Å². The van der Waals surface area contributed by atoms with E-state index in [0.29, 0.717) is 52.7 Å². The molecule has 176 valence electrons. The minimum atomic E-state index is -0.565. The van der Waals surface area contributed by atoms with Crippen LogP contribution in [0.5, 0.6) is 0 Å². The van der Waals surface area contributed by atoms with Gasteiger partial charge < -0.3 is 25.7 Å². The number of fused-ring (bicyclic) bond motifs is 1. The van der Waals surface area contributed by atoms with Crippen LogP contribution in [0, 0.1) is 11.8 Å². The Balaban J connectivity index is 1.53. The summed E-state index contributed by atoms with van der Waals surface area (Å²) in [7, 11) is 0. The summed E-state index contributed by atoms with van der Waals surface area (Å²) < 4.78 is 7.14. The number of hydrogen-bond donors (Lipinski definition) is 3. The first-order valence-corrected chi connectivity index (χ1v) is 11.2. The summed E-state index contributed by atoms with van der Waals surface area (Å²) in [6.45, 7) is 6.22. The van der Waals surface area contributed by atoms with Gasteiger partial charge in [0.15, 0.2) is 0 Å². The van der Waals surface area contributed by atoms with Crippen molar-refractivity contribution in [2.75, 3.05) is 12.3 Å². The van der Waals surface area contributed by atoms with Crippen LogP contribution >= 0.6 is 0 Å². The van der Waals surface area contributed by atoms with Crippen LogP contribution in [0.25, 0.3) is 11.0 Å². The lowest BCUT2D eigenvalue weighted by atomic mass is 10.1. The first-order valence-electron chi connectivity index (χ1n) is 11.2. The summed E-state index contributed by atoms with van der Waals surface area (Å²) in [4.78, 5) is 32.7. The molecule has 4 N–H and O–H groups in total. The third-order valence-electron chi connectivity index (χ3n) is 5.08. The first kappa shape index (κ1) is 23.1. The van der Waals surface area contributed by atoms with Crippen molar-refractivity contribution in [1.29, 1.82) is 0 Å². The third-order valence-corrected chi connectivity index (χ3v) is 5.08. The Morgan fingerprint density at radius 1 is 1.24 bits per heavy atom. The fourth-order valence-electron chi connectivity index (χ4n) is 3.38. The second-order valence-corrected chi connectivity index (χ2v) is 9.20. The van der Waals surface area contributed by atoms with Gasteiger partial charge in [-0.2, -0.15) is 0 Å². The van der Waals surface area contributed by atoms with Gasteiger partial charge in [0.1, 0.15) is 23.4 Å². The number of benzene rings is 1. The van der Waals surface area contributed by atoms with Gasteiger partial charge in [0.05, 0.1) is 10.9 Å². The zero-order valence-corrected chi connectivity index (χ0v) is 19.5. The van der Waals surface area contributed by atoms with Gasteiger partial charge in [-0.05, 0) is 51.8 Å². The van der Waals surface area contributed by atoms with Crippen molar-refractivity contribution in [2.24, 2.45) is 0 Å². The van der Waals surface area contributed by atoms with Crippen LogP contribution in [0.2, 0.25) is 0 Å². The fourth-order valence-corrected chi connectivity index (χ4v) is 3.38. The molecule has 2 aromatic heterocycles. The van der Waals surface area contributed by atoms with E-state index in [2.05, 4.69) is 32.4 Å². The summed E-state index contributed by atoms with van der Waals surface area (Å²) in [5, 5.41) is 6.37. The highest BCUT2D eigenvalue weighted by molar-refractivity contribution is 5.95. The molecule has 1 fully saturated rings. The molecule has 4 rings (SSSR count). The minimum Gasteiger partial charge on any atom is -0.444 e. The van der Waals surface area contributed by atoms with E-state index < -0.39 is 11.7 Å². The maximum Gasteiger partial charge on any atom is 0.407 e. The normalized spacial score (nSPS) is 13.1. The lowest BCUT2D eigenvalue weighted by Gasteiger charge is -2.19. The molecule has 1 aliphatic carbocycles. The molecule has 0 spiro atoms. The Labute approximate surface area is 198 Å². The Hall–Kier alpha value is -4.06. The van der Waals surface area contributed by atoms with Crippen molar-refractivity contribution in [3.8, 4) is 11.8 Å². The number of carbonyl (C=O) groups excluding carboxylic acids is 2. The fraction of sp³-hybridized carbons (Fsp3) is 0.360. The largest absolute Gasteiger partial charge is 0.444 e. The molecule has 1 aliphatic rings. The third kappa shape index (κ3) is 5.84. The van der Waals surface area contributed by atoms with Crippen molar-refractivity contribution in [2.45, 2.75) is 51.8 Å². The predicted octanol–water partition coefficient (Wildman–Crippen LogP) is 2.83. The molecule has 0 saturated heterocycles. The molecule has 9 nitrogen and oxygen atoms in total. The van der Waals surface area contributed by atoms with E-state index in [9.17, 15) is 9.59 Å². The average Bonchev–Trinajstić information content (AvgIpc) is 3.51. The summed E-state index contributed by atoms with van der Waals surface area (Å²) >= 11 is 0. The van der Waals surface area contributed by atoms with E-state index in [-0.39, 0.29) is 5.91 Å². The standard InChI is InChI=1S/C25H28N6O3/c1-25(2,3)34-24(33)27-11-12-31-14-18(20-21(26)28-15-29-22(20)31)8-7-16-5-4-6-17(13-16)23(32)30-19-9-10-19/h4-6,13-15,19H,9-12H2,1-3H3,(H,27,33)(H,30,32)(H2,26,28,29). The van der Waals surface area contributed by atoms with E-state index in [0.717, 1.165) is 12.8 Å². The van der Waals surface area contributed by atoms with Crippen LogP contribution in [0.15, 0.2) is 36.8 Å². The van der Waals surface area contributed by atoms with E-state index in [1.807, 2.05) is 43.7 Å². The second-order valence-electron chi connectivity index (χ2n) is 9.20. The van der Waals surface area contributed by atoms with Gasteiger partial charge in [0.25, 0.3) is 5.91 Å². The van der Waals surface area contributed by atoms with Crippen molar-refractivity contribution in [3.05, 3.63) is 53.5 Å². The van der Waals surface area contributed by atoms with Gasteiger partial charge in [0.2, 0.25) is 0 Å². The summed E-state index contributed by atoms with van der Waals surface area (Å²) in [6.07, 6.45) is 4.82. The maximum atomic E-state index is 12.3. The number of nitrogens with zero attached hydrogens (tertiary/aromatic N) is 3. The van der Waals surface area contributed by atoms with E-state index in [1.165, 1.54) is 6.33 Å². The Kier molecular flexibility index (Phi) is 6.41. The van der Waals surface area contributed by atoms with E-state index in [1.54, 1.807) is 12.1 Å². The van der Waals surface area contributed by atoms with Gasteiger partial charge >= 0.3 is 6.09 Å². The molecule has 0 aliphatic heterocycles. The number of carbonyl (C=O) groups is 2. The van der Waals surface area contributed by atoms with Crippen LogP contribution in [-0.4, -0.2) is 44.7 Å². The van der Waals surface area contributed by atoms with Crippen LogP contribution in [0.3, 0.4) is 0 Å². The van der Waals surface area contributed by atoms with Gasteiger partial charge in [-0.3, -0.25) is 4.79 Å². The summed E-state index contributed by atoms with van der Waals surface area (Å²) in [5.41, 5.74) is 8.15. The molecule has 0 bridgehead atoms. The first-order chi connectivity index (χ1) is 16.2. The molecule has 1 aromatic carbocycles. The van der Waals surface area contributed by atoms with E-state index >= 15 is 0 Å². The lowest BCUT2D eigenvalue weighted by molar-refractivity contribution is 0.0526. The number of nitrogen functional groups attached to an aromatic ring is 1. The molecule has 2 heterocycles. The number of anilines is 1.